The van der Waals surface area contributed by atoms with Crippen LogP contribution in [0.4, 0.5) is 10.5 Å². The average Bonchev–Trinajstić information content (AvgIpc) is 3.74. The third kappa shape index (κ3) is 7.72. The Balaban J connectivity index is 1.71. The molecule has 214 valence electrons. The number of carbonyl (C=O) groups is 4. The molecule has 9 nitrogen and oxygen atoms in total. The quantitative estimate of drug-likeness (QED) is 0.326. The lowest BCUT2D eigenvalue weighted by molar-refractivity contribution is -0.142. The first kappa shape index (κ1) is 29.3. The highest BCUT2D eigenvalue weighted by atomic mass is 16.6. The van der Waals surface area contributed by atoms with E-state index in [2.05, 4.69) is 17.2 Å². The van der Waals surface area contributed by atoms with Gasteiger partial charge >= 0.3 is 6.09 Å². The number of alkyl carbamates (subject to hydrolysis) is 1. The first-order valence-corrected chi connectivity index (χ1v) is 13.6. The molecule has 41 heavy (non-hydrogen) atoms. The smallest absolute Gasteiger partial charge is 0.408 e. The fourth-order valence-corrected chi connectivity index (χ4v) is 4.67. The van der Waals surface area contributed by atoms with Crippen molar-refractivity contribution < 1.29 is 23.9 Å². The Labute approximate surface area is 239 Å². The van der Waals surface area contributed by atoms with Gasteiger partial charge in [-0.2, -0.15) is 0 Å². The number of hydrogen-bond acceptors (Lipinski definition) is 5. The normalized spacial score (nSPS) is 14.4. The molecule has 9 heteroatoms. The summed E-state index contributed by atoms with van der Waals surface area (Å²) in [6.45, 7) is 8.89. The number of primary amides is 1. The highest BCUT2D eigenvalue weighted by molar-refractivity contribution is 6.01. The third-order valence-corrected chi connectivity index (χ3v) is 6.59. The van der Waals surface area contributed by atoms with Gasteiger partial charge in [0.05, 0.1) is 6.42 Å². The molecule has 4 N–H and O–H groups in total. The van der Waals surface area contributed by atoms with Crippen molar-refractivity contribution in [1.29, 1.82) is 0 Å². The van der Waals surface area contributed by atoms with E-state index in [9.17, 15) is 19.2 Å². The summed E-state index contributed by atoms with van der Waals surface area (Å²) in [5, 5.41) is 7.46. The molecule has 0 saturated heterocycles. The molecule has 0 aromatic heterocycles. The minimum Gasteiger partial charge on any atom is -0.444 e. The van der Waals surface area contributed by atoms with E-state index in [0.717, 1.165) is 16.3 Å². The van der Waals surface area contributed by atoms with Crippen molar-refractivity contribution >= 4 is 46.4 Å². The van der Waals surface area contributed by atoms with Crippen LogP contribution in [0.5, 0.6) is 0 Å². The molecular weight excluding hydrogens is 520 g/mol. The molecule has 1 fully saturated rings. The van der Waals surface area contributed by atoms with Crippen LogP contribution in [0.25, 0.3) is 16.8 Å². The van der Waals surface area contributed by atoms with Gasteiger partial charge in [0.2, 0.25) is 11.8 Å². The fraction of sp³-hybridized carbons (Fsp3) is 0.312. The van der Waals surface area contributed by atoms with Crippen LogP contribution in [0, 0.1) is 0 Å². The summed E-state index contributed by atoms with van der Waals surface area (Å²) in [4.78, 5) is 54.2. The minimum atomic E-state index is -1.32. The Morgan fingerprint density at radius 3 is 2.37 bits per heavy atom. The molecule has 0 spiro atoms. The molecule has 3 aromatic carbocycles. The summed E-state index contributed by atoms with van der Waals surface area (Å²) < 4.78 is 5.33. The fourth-order valence-electron chi connectivity index (χ4n) is 4.67. The van der Waals surface area contributed by atoms with Gasteiger partial charge in [0, 0.05) is 11.7 Å². The molecule has 0 heterocycles. The second-order valence-electron chi connectivity index (χ2n) is 11.2. The number of rotatable bonds is 10. The zero-order valence-electron chi connectivity index (χ0n) is 23.6. The molecule has 2 atom stereocenters. The van der Waals surface area contributed by atoms with Crippen LogP contribution in [-0.2, 0) is 19.1 Å². The summed E-state index contributed by atoms with van der Waals surface area (Å²) in [6, 6.07) is 17.9. The summed E-state index contributed by atoms with van der Waals surface area (Å²) in [6.07, 6.45) is 1.68. The number of nitrogens with two attached hydrogens (primary N) is 1. The predicted octanol–water partition coefficient (Wildman–Crippen LogP) is 4.92. The first-order valence-electron chi connectivity index (χ1n) is 13.6. The molecule has 1 saturated carbocycles. The topological polar surface area (TPSA) is 131 Å². The van der Waals surface area contributed by atoms with Gasteiger partial charge in [-0.05, 0) is 73.7 Å². The maximum atomic E-state index is 14.1. The van der Waals surface area contributed by atoms with Gasteiger partial charge in [0.25, 0.3) is 5.91 Å². The van der Waals surface area contributed by atoms with Gasteiger partial charge < -0.3 is 26.0 Å². The van der Waals surface area contributed by atoms with Crippen molar-refractivity contribution in [1.82, 2.24) is 10.2 Å². The van der Waals surface area contributed by atoms with Crippen molar-refractivity contribution in [3.63, 3.8) is 0 Å². The van der Waals surface area contributed by atoms with Crippen LogP contribution >= 0.6 is 0 Å². The SMILES string of the molecule is C=Cc1cccc(C(C(=O)Nc2ccc3ccccc3c2)N(C(=O)C(CC(N)=O)NC(=O)OC(C)(C)C)C2CC2)c1. The number of carbonyl (C=O) groups excluding carboxylic acids is 4. The van der Waals surface area contributed by atoms with Crippen LogP contribution in [-0.4, -0.2) is 46.4 Å². The average molecular weight is 557 g/mol. The molecule has 1 aliphatic carbocycles. The maximum absolute atomic E-state index is 14.1. The molecule has 0 bridgehead atoms. The van der Waals surface area contributed by atoms with Crippen LogP contribution in [0.15, 0.2) is 73.3 Å². The molecular formula is C32H36N4O5. The van der Waals surface area contributed by atoms with E-state index < -0.39 is 47.9 Å². The Bertz CT molecular complexity index is 1470. The third-order valence-electron chi connectivity index (χ3n) is 6.59. The monoisotopic (exact) mass is 556 g/mol. The molecule has 0 radical (unpaired) electrons. The number of amides is 4. The second kappa shape index (κ2) is 12.2. The van der Waals surface area contributed by atoms with E-state index in [1.807, 2.05) is 42.5 Å². The molecule has 1 aliphatic rings. The summed E-state index contributed by atoms with van der Waals surface area (Å²) in [5.41, 5.74) is 6.55. The minimum absolute atomic E-state index is 0.266. The van der Waals surface area contributed by atoms with Crippen molar-refractivity contribution in [3.05, 3.63) is 84.4 Å². The van der Waals surface area contributed by atoms with E-state index in [1.54, 1.807) is 51.1 Å². The number of benzene rings is 3. The zero-order chi connectivity index (χ0) is 29.7. The number of nitrogens with one attached hydrogen (secondary N) is 2. The number of fused-ring (bicyclic) bond motifs is 1. The van der Waals surface area contributed by atoms with Crippen LogP contribution in [0.2, 0.25) is 0 Å². The van der Waals surface area contributed by atoms with Crippen molar-refractivity contribution in [2.75, 3.05) is 5.32 Å². The van der Waals surface area contributed by atoms with Crippen molar-refractivity contribution in [2.24, 2.45) is 5.73 Å². The summed E-state index contributed by atoms with van der Waals surface area (Å²) in [7, 11) is 0. The van der Waals surface area contributed by atoms with Crippen LogP contribution < -0.4 is 16.4 Å². The highest BCUT2D eigenvalue weighted by Gasteiger charge is 2.44. The van der Waals surface area contributed by atoms with Crippen molar-refractivity contribution in [2.45, 2.75) is 63.8 Å². The van der Waals surface area contributed by atoms with E-state index >= 15 is 0 Å². The van der Waals surface area contributed by atoms with Gasteiger partial charge in [-0.3, -0.25) is 14.4 Å². The zero-order valence-corrected chi connectivity index (χ0v) is 23.6. The van der Waals surface area contributed by atoms with Gasteiger partial charge in [0.1, 0.15) is 17.7 Å². The van der Waals surface area contributed by atoms with E-state index in [0.29, 0.717) is 24.1 Å². The standard InChI is InChI=1S/C32H36N4O5/c1-5-20-9-8-12-23(17-20)28(29(38)34-24-14-13-21-10-6-7-11-22(21)18-24)36(25-15-16-25)30(39)26(19-27(33)37)35-31(40)41-32(2,3)4/h5-14,17-18,25-26,28H,1,15-16,19H2,2-4H3,(H2,33,37)(H,34,38)(H,35,40). The Hall–Kier alpha value is -4.66. The predicted molar refractivity (Wildman–Crippen MR) is 159 cm³/mol. The second-order valence-corrected chi connectivity index (χ2v) is 11.2. The van der Waals surface area contributed by atoms with Crippen LogP contribution in [0.3, 0.4) is 0 Å². The number of nitrogens with zero attached hydrogens (tertiary/aromatic N) is 1. The number of anilines is 1. The van der Waals surface area contributed by atoms with Gasteiger partial charge in [-0.15, -0.1) is 0 Å². The lowest BCUT2D eigenvalue weighted by Gasteiger charge is -2.34. The van der Waals surface area contributed by atoms with Gasteiger partial charge in [-0.1, -0.05) is 61.2 Å². The van der Waals surface area contributed by atoms with E-state index in [-0.39, 0.29) is 6.04 Å². The van der Waals surface area contributed by atoms with Crippen molar-refractivity contribution in [3.8, 4) is 0 Å². The lowest BCUT2D eigenvalue weighted by atomic mass is 9.99. The van der Waals surface area contributed by atoms with Gasteiger partial charge in [0.15, 0.2) is 0 Å². The Morgan fingerprint density at radius 2 is 1.73 bits per heavy atom. The lowest BCUT2D eigenvalue weighted by Crippen LogP contribution is -2.54. The molecule has 4 amide bonds. The maximum Gasteiger partial charge on any atom is 0.408 e. The van der Waals surface area contributed by atoms with E-state index in [4.69, 9.17) is 10.5 Å². The Morgan fingerprint density at radius 1 is 1.02 bits per heavy atom. The summed E-state index contributed by atoms with van der Waals surface area (Å²) in [5.74, 6) is -1.81. The number of ether oxygens (including phenoxy) is 1. The van der Waals surface area contributed by atoms with Gasteiger partial charge in [-0.25, -0.2) is 4.79 Å². The molecule has 0 aliphatic heterocycles. The van der Waals surface area contributed by atoms with E-state index in [1.165, 1.54) is 4.90 Å². The molecule has 3 aromatic rings. The highest BCUT2D eigenvalue weighted by Crippen LogP contribution is 2.37. The molecule has 2 unspecified atom stereocenters. The first-order chi connectivity index (χ1) is 19.4. The summed E-state index contributed by atoms with van der Waals surface area (Å²) >= 11 is 0. The molecule has 4 rings (SSSR count). The number of hydrogen-bond donors (Lipinski definition) is 3. The largest absolute Gasteiger partial charge is 0.444 e. The van der Waals surface area contributed by atoms with Crippen LogP contribution in [0.1, 0.15) is 57.2 Å². The Kier molecular flexibility index (Phi) is 8.76.